The van der Waals surface area contributed by atoms with E-state index in [0.717, 1.165) is 44.1 Å². The number of aliphatic hydroxyl groups excluding tert-OH is 1. The van der Waals surface area contributed by atoms with Crippen LogP contribution in [0.1, 0.15) is 72.9 Å². The molecule has 0 aliphatic heterocycles. The van der Waals surface area contributed by atoms with Crippen molar-refractivity contribution in [3.8, 4) is 0 Å². The fourth-order valence-corrected chi connectivity index (χ4v) is 3.84. The molecule has 24 heavy (non-hydrogen) atoms. The molecule has 0 bridgehead atoms. The molecule has 1 saturated carbocycles. The van der Waals surface area contributed by atoms with E-state index in [1.54, 1.807) is 0 Å². The predicted octanol–water partition coefficient (Wildman–Crippen LogP) is 2.95. The van der Waals surface area contributed by atoms with Gasteiger partial charge >= 0.3 is 0 Å². The van der Waals surface area contributed by atoms with Crippen molar-refractivity contribution in [2.45, 2.75) is 76.4 Å². The molecule has 1 aromatic carbocycles. The molecule has 2 aliphatic carbocycles. The fourth-order valence-electron chi connectivity index (χ4n) is 3.84. The van der Waals surface area contributed by atoms with E-state index >= 15 is 0 Å². The number of fused-ring (bicyclic) bond motifs is 1. The molecule has 0 aromatic heterocycles. The smallest absolute Gasteiger partial charge is 0.220 e. The van der Waals surface area contributed by atoms with Crippen molar-refractivity contribution in [2.75, 3.05) is 0 Å². The second kappa shape index (κ2) is 7.93. The molecule has 2 N–H and O–H groups in total. The van der Waals surface area contributed by atoms with Crippen LogP contribution in [0, 0.1) is 0 Å². The van der Waals surface area contributed by atoms with E-state index in [0.29, 0.717) is 0 Å². The number of benzene rings is 1. The summed E-state index contributed by atoms with van der Waals surface area (Å²) in [7, 11) is 0. The summed E-state index contributed by atoms with van der Waals surface area (Å²) in [4.78, 5) is 24.4. The Morgan fingerprint density at radius 1 is 1.00 bits per heavy atom. The van der Waals surface area contributed by atoms with Crippen molar-refractivity contribution < 1.29 is 14.7 Å². The van der Waals surface area contributed by atoms with Gasteiger partial charge in [0.15, 0.2) is 5.78 Å². The maximum Gasteiger partial charge on any atom is 0.220 e. The summed E-state index contributed by atoms with van der Waals surface area (Å²) in [6, 6.07) is 5.83. The number of ketones is 1. The number of amides is 1. The molecule has 4 nitrogen and oxygen atoms in total. The van der Waals surface area contributed by atoms with Crippen LogP contribution in [-0.2, 0) is 17.6 Å². The molecule has 2 aliphatic rings. The van der Waals surface area contributed by atoms with Crippen molar-refractivity contribution >= 4 is 11.7 Å². The Bertz CT molecular complexity index is 611. The van der Waals surface area contributed by atoms with Crippen LogP contribution in [0.3, 0.4) is 0 Å². The molecule has 1 aromatic rings. The number of aliphatic hydroxyl groups is 1. The first-order valence-corrected chi connectivity index (χ1v) is 9.26. The molecular formula is C20H27NO3. The minimum Gasteiger partial charge on any atom is -0.391 e. The highest BCUT2D eigenvalue weighted by atomic mass is 16.3. The van der Waals surface area contributed by atoms with Crippen LogP contribution in [0.5, 0.6) is 0 Å². The van der Waals surface area contributed by atoms with Crippen molar-refractivity contribution in [1.29, 1.82) is 0 Å². The predicted molar refractivity (Wildman–Crippen MR) is 93.1 cm³/mol. The van der Waals surface area contributed by atoms with Gasteiger partial charge in [0.25, 0.3) is 0 Å². The third-order valence-corrected chi connectivity index (χ3v) is 5.33. The van der Waals surface area contributed by atoms with E-state index in [4.69, 9.17) is 0 Å². The average molecular weight is 329 g/mol. The molecule has 0 radical (unpaired) electrons. The minimum absolute atomic E-state index is 0.0303. The Morgan fingerprint density at radius 3 is 2.54 bits per heavy atom. The van der Waals surface area contributed by atoms with E-state index in [-0.39, 0.29) is 30.6 Å². The summed E-state index contributed by atoms with van der Waals surface area (Å²) in [6.07, 6.45) is 8.19. The van der Waals surface area contributed by atoms with E-state index in [1.165, 1.54) is 24.0 Å². The minimum atomic E-state index is -0.445. The molecule has 4 heteroatoms. The molecule has 130 valence electrons. The molecule has 0 spiro atoms. The summed E-state index contributed by atoms with van der Waals surface area (Å²) in [5, 5.41) is 12.8. The molecule has 0 heterocycles. The van der Waals surface area contributed by atoms with Crippen molar-refractivity contribution in [1.82, 2.24) is 5.32 Å². The van der Waals surface area contributed by atoms with Gasteiger partial charge in [-0.05, 0) is 55.7 Å². The van der Waals surface area contributed by atoms with Gasteiger partial charge in [0, 0.05) is 18.4 Å². The maximum absolute atomic E-state index is 12.4. The zero-order valence-electron chi connectivity index (χ0n) is 14.2. The molecule has 2 atom stereocenters. The zero-order valence-corrected chi connectivity index (χ0v) is 14.2. The Hall–Kier alpha value is -1.68. The number of nitrogens with one attached hydrogen (secondary N) is 1. The normalized spacial score (nSPS) is 23.4. The zero-order chi connectivity index (χ0) is 16.9. The molecule has 2 unspecified atom stereocenters. The second-order valence-electron chi connectivity index (χ2n) is 7.14. The standard InChI is InChI=1S/C20H27NO3/c22-18(16-10-9-14-5-1-2-6-15(14)13-16)11-12-20(24)21-17-7-3-4-8-19(17)23/h9-10,13,17,19,23H,1-8,11-12H2,(H,21,24). The highest BCUT2D eigenvalue weighted by Gasteiger charge is 2.24. The van der Waals surface area contributed by atoms with Gasteiger partial charge < -0.3 is 10.4 Å². The fraction of sp³-hybridized carbons (Fsp3) is 0.600. The Balaban J connectivity index is 1.50. The molecule has 3 rings (SSSR count). The van der Waals surface area contributed by atoms with Gasteiger partial charge in [-0.1, -0.05) is 25.0 Å². The van der Waals surface area contributed by atoms with Gasteiger partial charge in [0.05, 0.1) is 12.1 Å². The van der Waals surface area contributed by atoms with Gasteiger partial charge in [-0.15, -0.1) is 0 Å². The van der Waals surface area contributed by atoms with Crippen molar-refractivity contribution in [3.05, 3.63) is 34.9 Å². The van der Waals surface area contributed by atoms with Crippen molar-refractivity contribution in [2.24, 2.45) is 0 Å². The number of hydrogen-bond donors (Lipinski definition) is 2. The highest BCUT2D eigenvalue weighted by molar-refractivity contribution is 5.98. The van der Waals surface area contributed by atoms with Crippen LogP contribution in [0.4, 0.5) is 0 Å². The van der Waals surface area contributed by atoms with E-state index < -0.39 is 6.10 Å². The molecular weight excluding hydrogens is 302 g/mol. The van der Waals surface area contributed by atoms with Crippen LogP contribution in [-0.4, -0.2) is 28.9 Å². The lowest BCUT2D eigenvalue weighted by Crippen LogP contribution is -2.45. The van der Waals surface area contributed by atoms with Gasteiger partial charge in [-0.25, -0.2) is 0 Å². The van der Waals surface area contributed by atoms with E-state index in [1.807, 2.05) is 12.1 Å². The van der Waals surface area contributed by atoms with Crippen LogP contribution in [0.2, 0.25) is 0 Å². The van der Waals surface area contributed by atoms with Gasteiger partial charge in [-0.2, -0.15) is 0 Å². The number of rotatable bonds is 5. The Kier molecular flexibility index (Phi) is 5.67. The lowest BCUT2D eigenvalue weighted by molar-refractivity contribution is -0.123. The third-order valence-electron chi connectivity index (χ3n) is 5.33. The number of carbonyl (C=O) groups excluding carboxylic acids is 2. The van der Waals surface area contributed by atoms with Gasteiger partial charge in [-0.3, -0.25) is 9.59 Å². The largest absolute Gasteiger partial charge is 0.391 e. The van der Waals surface area contributed by atoms with Crippen molar-refractivity contribution in [3.63, 3.8) is 0 Å². The van der Waals surface area contributed by atoms with Crippen LogP contribution < -0.4 is 5.32 Å². The number of aryl methyl sites for hydroxylation is 2. The lowest BCUT2D eigenvalue weighted by atomic mass is 9.89. The summed E-state index contributed by atoms with van der Waals surface area (Å²) >= 11 is 0. The first-order chi connectivity index (χ1) is 11.6. The Morgan fingerprint density at radius 2 is 1.75 bits per heavy atom. The van der Waals surface area contributed by atoms with Crippen LogP contribution in [0.25, 0.3) is 0 Å². The number of Topliss-reactive ketones (excluding diaryl/α,β-unsaturated/α-hetero) is 1. The second-order valence-corrected chi connectivity index (χ2v) is 7.14. The van der Waals surface area contributed by atoms with Gasteiger partial charge in [0.2, 0.25) is 5.91 Å². The molecule has 0 saturated heterocycles. The average Bonchev–Trinajstić information content (AvgIpc) is 2.61. The SMILES string of the molecule is O=C(CCC(=O)c1ccc2c(c1)CCCC2)NC1CCCCC1O. The summed E-state index contributed by atoms with van der Waals surface area (Å²) in [5.41, 5.74) is 3.38. The lowest BCUT2D eigenvalue weighted by Gasteiger charge is -2.28. The van der Waals surface area contributed by atoms with E-state index in [9.17, 15) is 14.7 Å². The summed E-state index contributed by atoms with van der Waals surface area (Å²) < 4.78 is 0. The topological polar surface area (TPSA) is 66.4 Å². The number of carbonyl (C=O) groups is 2. The van der Waals surface area contributed by atoms with E-state index in [2.05, 4.69) is 11.4 Å². The third kappa shape index (κ3) is 4.23. The monoisotopic (exact) mass is 329 g/mol. The first kappa shape index (κ1) is 17.2. The van der Waals surface area contributed by atoms with Gasteiger partial charge in [0.1, 0.15) is 0 Å². The Labute approximate surface area is 143 Å². The first-order valence-electron chi connectivity index (χ1n) is 9.26. The number of hydrogen-bond acceptors (Lipinski definition) is 3. The summed E-state index contributed by atoms with van der Waals surface area (Å²) in [5.74, 6) is -0.102. The van der Waals surface area contributed by atoms with Crippen LogP contribution in [0.15, 0.2) is 18.2 Å². The molecule has 1 fully saturated rings. The maximum atomic E-state index is 12.4. The quantitative estimate of drug-likeness (QED) is 0.816. The highest BCUT2D eigenvalue weighted by Crippen LogP contribution is 2.23. The summed E-state index contributed by atoms with van der Waals surface area (Å²) in [6.45, 7) is 0. The molecule has 1 amide bonds. The van der Waals surface area contributed by atoms with Crippen LogP contribution >= 0.6 is 0 Å².